The van der Waals surface area contributed by atoms with Crippen LogP contribution in [-0.4, -0.2) is 37.5 Å². The minimum Gasteiger partial charge on any atom is -0.400 e. The van der Waals surface area contributed by atoms with Crippen LogP contribution in [0.2, 0.25) is 13.1 Å². The van der Waals surface area contributed by atoms with Gasteiger partial charge in [-0.2, -0.15) is 0 Å². The Balaban J connectivity index is 4.13. The summed E-state index contributed by atoms with van der Waals surface area (Å²) in [4.78, 5) is 0. The van der Waals surface area contributed by atoms with Crippen molar-refractivity contribution >= 4 is 19.5 Å². The predicted molar refractivity (Wildman–Crippen MR) is 60.3 cm³/mol. The fourth-order valence-electron chi connectivity index (χ4n) is 1.21. The molecule has 0 aliphatic rings. The van der Waals surface area contributed by atoms with Crippen molar-refractivity contribution in [3.63, 3.8) is 0 Å². The lowest BCUT2D eigenvalue weighted by atomic mass is 9.89. The topological polar surface area (TPSA) is 38.7 Å². The Hall–Kier alpha value is 0.314. The minimum absolute atomic E-state index is 0.0548. The van der Waals surface area contributed by atoms with E-state index in [0.717, 1.165) is 6.42 Å². The first-order chi connectivity index (χ1) is 6.08. The van der Waals surface area contributed by atoms with Crippen molar-refractivity contribution in [2.24, 2.45) is 5.41 Å². The summed E-state index contributed by atoms with van der Waals surface area (Å²) >= 11 is 0. The first-order valence-electron chi connectivity index (χ1n) is 4.92. The number of hydrogen-bond acceptors (Lipinski definition) is 3. The maximum absolute atomic E-state index is 8.90. The second-order valence-corrected chi connectivity index (χ2v) is 5.53. The van der Waals surface area contributed by atoms with Gasteiger partial charge in [-0.3, -0.25) is 0 Å². The highest BCUT2D eigenvalue weighted by Crippen LogP contribution is 2.27. The van der Waals surface area contributed by atoms with Crippen molar-refractivity contribution in [2.75, 3.05) is 6.61 Å². The molecule has 0 spiro atoms. The third-order valence-corrected chi connectivity index (χ3v) is 3.30. The summed E-state index contributed by atoms with van der Waals surface area (Å²) in [5.74, 6) is 0. The third-order valence-electron chi connectivity index (χ3n) is 2.03. The van der Waals surface area contributed by atoms with Gasteiger partial charge in [0.2, 0.25) is 0 Å². The average Bonchev–Trinajstić information content (AvgIpc) is 2.04. The number of aliphatic hydroxyl groups is 1. The van der Waals surface area contributed by atoms with E-state index in [-0.39, 0.29) is 18.3 Å². The molecule has 0 heterocycles. The van der Waals surface area contributed by atoms with E-state index >= 15 is 0 Å². The van der Waals surface area contributed by atoms with Crippen molar-refractivity contribution < 1.29 is 14.0 Å². The van der Waals surface area contributed by atoms with Crippen molar-refractivity contribution in [2.45, 2.75) is 39.7 Å². The van der Waals surface area contributed by atoms with E-state index in [0.29, 0.717) is 0 Å². The van der Waals surface area contributed by atoms with E-state index in [9.17, 15) is 0 Å². The van der Waals surface area contributed by atoms with E-state index in [1.54, 1.807) is 0 Å². The molecule has 80 valence electrons. The fourth-order valence-corrected chi connectivity index (χ4v) is 3.10. The summed E-state index contributed by atoms with van der Waals surface area (Å²) in [6.07, 6.45) is 0.647. The standard InChI is InChI=1S/C8H22O3Si2/c1-8(2,5-6-9)7(10-12-3)11-13-4/h7,9H,5-6,12-13H2,1-4H3. The lowest BCUT2D eigenvalue weighted by Crippen LogP contribution is -2.36. The maximum Gasteiger partial charge on any atom is 0.161 e. The molecular weight excluding hydrogens is 200 g/mol. The van der Waals surface area contributed by atoms with Crippen LogP contribution in [0.15, 0.2) is 0 Å². The molecule has 0 aliphatic carbocycles. The number of rotatable bonds is 7. The van der Waals surface area contributed by atoms with E-state index in [1.165, 1.54) is 0 Å². The van der Waals surface area contributed by atoms with E-state index in [1.807, 2.05) is 0 Å². The Kier molecular flexibility index (Phi) is 6.88. The summed E-state index contributed by atoms with van der Waals surface area (Å²) < 4.78 is 11.3. The van der Waals surface area contributed by atoms with Gasteiger partial charge in [-0.25, -0.2) is 0 Å². The van der Waals surface area contributed by atoms with Gasteiger partial charge in [0.15, 0.2) is 19.5 Å². The Labute approximate surface area is 85.7 Å². The summed E-state index contributed by atoms with van der Waals surface area (Å²) in [6.45, 7) is 8.57. The van der Waals surface area contributed by atoms with Crippen LogP contribution < -0.4 is 0 Å². The molecule has 0 aromatic rings. The van der Waals surface area contributed by atoms with Gasteiger partial charge in [-0.05, 0) is 6.42 Å². The predicted octanol–water partition coefficient (Wildman–Crippen LogP) is 0.0181. The van der Waals surface area contributed by atoms with Gasteiger partial charge in [0.1, 0.15) is 6.29 Å². The lowest BCUT2D eigenvalue weighted by Gasteiger charge is -2.33. The molecule has 0 radical (unpaired) electrons. The largest absolute Gasteiger partial charge is 0.400 e. The SMILES string of the molecule is C[SiH2]OC(O[SiH2]C)C(C)(C)CCO. The van der Waals surface area contributed by atoms with Crippen LogP contribution in [0, 0.1) is 5.41 Å². The Bertz CT molecular complexity index is 125. The van der Waals surface area contributed by atoms with Gasteiger partial charge >= 0.3 is 0 Å². The first kappa shape index (κ1) is 13.3. The molecule has 0 rings (SSSR count). The van der Waals surface area contributed by atoms with Gasteiger partial charge in [0.25, 0.3) is 0 Å². The molecule has 3 nitrogen and oxygen atoms in total. The first-order valence-corrected chi connectivity index (χ1v) is 8.90. The molecule has 0 saturated carbocycles. The zero-order valence-electron chi connectivity index (χ0n) is 9.17. The van der Waals surface area contributed by atoms with Crippen molar-refractivity contribution in [3.8, 4) is 0 Å². The Morgan fingerprint density at radius 3 is 2.00 bits per heavy atom. The summed E-state index contributed by atoms with van der Waals surface area (Å²) in [5, 5.41) is 8.90. The van der Waals surface area contributed by atoms with Crippen LogP contribution in [0.4, 0.5) is 0 Å². The van der Waals surface area contributed by atoms with Gasteiger partial charge in [0.05, 0.1) is 0 Å². The van der Waals surface area contributed by atoms with Crippen LogP contribution in [0.5, 0.6) is 0 Å². The molecule has 0 aromatic heterocycles. The monoisotopic (exact) mass is 222 g/mol. The van der Waals surface area contributed by atoms with Gasteiger partial charge in [-0.15, -0.1) is 0 Å². The van der Waals surface area contributed by atoms with E-state index in [2.05, 4.69) is 26.9 Å². The Morgan fingerprint density at radius 2 is 1.69 bits per heavy atom. The number of hydrogen-bond donors (Lipinski definition) is 1. The fraction of sp³-hybridized carbons (Fsp3) is 1.00. The smallest absolute Gasteiger partial charge is 0.161 e. The summed E-state index contributed by atoms with van der Waals surface area (Å²) in [6, 6.07) is 0. The molecule has 0 aromatic carbocycles. The van der Waals surface area contributed by atoms with Gasteiger partial charge in [0, 0.05) is 12.0 Å². The second-order valence-electron chi connectivity index (χ2n) is 3.70. The second kappa shape index (κ2) is 6.72. The van der Waals surface area contributed by atoms with Crippen LogP contribution >= 0.6 is 0 Å². The molecule has 5 heteroatoms. The molecule has 1 N–H and O–H groups in total. The molecule has 0 atom stereocenters. The lowest BCUT2D eigenvalue weighted by molar-refractivity contribution is -0.0864. The van der Waals surface area contributed by atoms with Gasteiger partial charge in [-0.1, -0.05) is 26.9 Å². The van der Waals surface area contributed by atoms with E-state index in [4.69, 9.17) is 14.0 Å². The maximum atomic E-state index is 8.90. The molecule has 0 unspecified atom stereocenters. The summed E-state index contributed by atoms with van der Waals surface area (Å²) in [7, 11) is -0.870. The number of aliphatic hydroxyl groups excluding tert-OH is 1. The molecular formula is C8H22O3Si2. The van der Waals surface area contributed by atoms with Crippen LogP contribution in [0.25, 0.3) is 0 Å². The molecule has 0 aliphatic heterocycles. The molecule has 0 saturated heterocycles. The normalized spacial score (nSPS) is 16.4. The average molecular weight is 222 g/mol. The molecule has 0 fully saturated rings. The third kappa shape index (κ3) is 4.92. The van der Waals surface area contributed by atoms with Crippen molar-refractivity contribution in [1.29, 1.82) is 0 Å². The zero-order valence-corrected chi connectivity index (χ0v) is 12.0. The van der Waals surface area contributed by atoms with Crippen molar-refractivity contribution in [3.05, 3.63) is 0 Å². The zero-order chi connectivity index (χ0) is 10.3. The summed E-state index contributed by atoms with van der Waals surface area (Å²) in [5.41, 5.74) is -0.0548. The quantitative estimate of drug-likeness (QED) is 0.487. The van der Waals surface area contributed by atoms with Gasteiger partial charge < -0.3 is 14.0 Å². The van der Waals surface area contributed by atoms with Crippen molar-refractivity contribution in [1.82, 2.24) is 0 Å². The minimum atomic E-state index is -0.435. The Morgan fingerprint density at radius 1 is 1.23 bits per heavy atom. The van der Waals surface area contributed by atoms with Crippen LogP contribution in [-0.2, 0) is 8.85 Å². The van der Waals surface area contributed by atoms with Crippen LogP contribution in [0.1, 0.15) is 20.3 Å². The van der Waals surface area contributed by atoms with E-state index < -0.39 is 19.5 Å². The highest BCUT2D eigenvalue weighted by molar-refractivity contribution is 6.26. The molecule has 13 heavy (non-hydrogen) atoms. The van der Waals surface area contributed by atoms with Crippen LogP contribution in [0.3, 0.4) is 0 Å². The highest BCUT2D eigenvalue weighted by Gasteiger charge is 2.29. The highest BCUT2D eigenvalue weighted by atomic mass is 28.2. The molecule has 0 amide bonds. The molecule has 0 bridgehead atoms.